The van der Waals surface area contributed by atoms with E-state index in [9.17, 15) is 4.79 Å². The smallest absolute Gasteiger partial charge is 0.360 e. The minimum atomic E-state index is -0.433. The summed E-state index contributed by atoms with van der Waals surface area (Å²) in [4.78, 5) is 15.8. The SMILES string of the molecule is CCOC(=O)c1ncn(C2CCCCC2C)c1N. The number of carbonyl (C=O) groups is 1. The van der Waals surface area contributed by atoms with Gasteiger partial charge in [0.05, 0.1) is 12.9 Å². The summed E-state index contributed by atoms with van der Waals surface area (Å²) >= 11 is 0. The first kappa shape index (κ1) is 12.9. The highest BCUT2D eigenvalue weighted by Gasteiger charge is 2.27. The van der Waals surface area contributed by atoms with E-state index >= 15 is 0 Å². The molecule has 0 aromatic carbocycles. The standard InChI is InChI=1S/C13H21N3O2/c1-3-18-13(17)11-12(14)16(8-15-11)10-7-5-4-6-9(10)2/h8-10H,3-7,14H2,1-2H3. The van der Waals surface area contributed by atoms with Gasteiger partial charge in [-0.1, -0.05) is 19.8 Å². The van der Waals surface area contributed by atoms with Crippen LogP contribution in [0.4, 0.5) is 5.82 Å². The van der Waals surface area contributed by atoms with Crippen LogP contribution in [0, 0.1) is 5.92 Å². The van der Waals surface area contributed by atoms with Gasteiger partial charge in [-0.3, -0.25) is 0 Å². The maximum atomic E-state index is 11.7. The Morgan fingerprint density at radius 2 is 2.28 bits per heavy atom. The maximum absolute atomic E-state index is 11.7. The summed E-state index contributed by atoms with van der Waals surface area (Å²) in [7, 11) is 0. The second-order valence-corrected chi connectivity index (χ2v) is 4.94. The Bertz CT molecular complexity index is 428. The van der Waals surface area contributed by atoms with Crippen LogP contribution in [0.25, 0.3) is 0 Å². The Hall–Kier alpha value is -1.52. The van der Waals surface area contributed by atoms with E-state index in [2.05, 4.69) is 11.9 Å². The second-order valence-electron chi connectivity index (χ2n) is 4.94. The summed E-state index contributed by atoms with van der Waals surface area (Å²) in [5, 5.41) is 0. The number of nitrogens with two attached hydrogens (primary N) is 1. The number of hydrogen-bond donors (Lipinski definition) is 1. The van der Waals surface area contributed by atoms with Crippen LogP contribution in [0.3, 0.4) is 0 Å². The van der Waals surface area contributed by atoms with Crippen molar-refractivity contribution in [1.82, 2.24) is 9.55 Å². The fourth-order valence-corrected chi connectivity index (χ4v) is 2.70. The van der Waals surface area contributed by atoms with Gasteiger partial charge in [0.15, 0.2) is 5.69 Å². The molecule has 0 radical (unpaired) electrons. The average Bonchev–Trinajstić information content (AvgIpc) is 2.72. The fraction of sp³-hybridized carbons (Fsp3) is 0.692. The molecule has 5 heteroatoms. The van der Waals surface area contributed by atoms with Crippen LogP contribution in [0.1, 0.15) is 56.1 Å². The van der Waals surface area contributed by atoms with Gasteiger partial charge in [-0.25, -0.2) is 9.78 Å². The molecule has 1 heterocycles. The minimum Gasteiger partial charge on any atom is -0.461 e. The highest BCUT2D eigenvalue weighted by Crippen LogP contribution is 2.35. The van der Waals surface area contributed by atoms with Gasteiger partial charge in [0.25, 0.3) is 0 Å². The molecule has 0 saturated heterocycles. The van der Waals surface area contributed by atoms with Crippen LogP contribution in [0.2, 0.25) is 0 Å². The van der Waals surface area contributed by atoms with Gasteiger partial charge in [-0.15, -0.1) is 0 Å². The second kappa shape index (κ2) is 5.42. The molecule has 1 aliphatic rings. The molecule has 0 spiro atoms. The van der Waals surface area contributed by atoms with Crippen molar-refractivity contribution in [2.75, 3.05) is 12.3 Å². The van der Waals surface area contributed by atoms with Crippen LogP contribution < -0.4 is 5.73 Å². The first-order valence-corrected chi connectivity index (χ1v) is 6.64. The van der Waals surface area contributed by atoms with Crippen molar-refractivity contribution >= 4 is 11.8 Å². The van der Waals surface area contributed by atoms with E-state index in [1.165, 1.54) is 19.3 Å². The molecule has 1 aromatic rings. The van der Waals surface area contributed by atoms with Crippen molar-refractivity contribution in [3.8, 4) is 0 Å². The number of ether oxygens (including phenoxy) is 1. The van der Waals surface area contributed by atoms with Crippen molar-refractivity contribution in [2.45, 2.75) is 45.6 Å². The maximum Gasteiger partial charge on any atom is 0.360 e. The number of nitrogen functional groups attached to an aromatic ring is 1. The molecule has 0 aliphatic heterocycles. The Labute approximate surface area is 107 Å². The van der Waals surface area contributed by atoms with Crippen LogP contribution in [0.15, 0.2) is 6.33 Å². The number of esters is 1. The van der Waals surface area contributed by atoms with E-state index < -0.39 is 5.97 Å². The molecule has 1 aliphatic carbocycles. The highest BCUT2D eigenvalue weighted by molar-refractivity contribution is 5.92. The highest BCUT2D eigenvalue weighted by atomic mass is 16.5. The Balaban J connectivity index is 2.22. The third-order valence-corrected chi connectivity index (χ3v) is 3.72. The Morgan fingerprint density at radius 1 is 1.56 bits per heavy atom. The molecule has 100 valence electrons. The lowest BCUT2D eigenvalue weighted by Crippen LogP contribution is -2.22. The van der Waals surface area contributed by atoms with Gasteiger partial charge in [-0.2, -0.15) is 0 Å². The first-order valence-electron chi connectivity index (χ1n) is 6.64. The van der Waals surface area contributed by atoms with E-state index in [4.69, 9.17) is 10.5 Å². The lowest BCUT2D eigenvalue weighted by Gasteiger charge is -2.30. The zero-order chi connectivity index (χ0) is 13.1. The van der Waals surface area contributed by atoms with Crippen molar-refractivity contribution in [2.24, 2.45) is 5.92 Å². The van der Waals surface area contributed by atoms with E-state index in [0.717, 1.165) is 6.42 Å². The number of rotatable bonds is 3. The predicted molar refractivity (Wildman–Crippen MR) is 69.3 cm³/mol. The van der Waals surface area contributed by atoms with E-state index in [1.54, 1.807) is 13.3 Å². The van der Waals surface area contributed by atoms with Crippen molar-refractivity contribution < 1.29 is 9.53 Å². The molecule has 5 nitrogen and oxygen atoms in total. The molecule has 1 aromatic heterocycles. The molecule has 0 amide bonds. The van der Waals surface area contributed by atoms with Gasteiger partial charge in [0.2, 0.25) is 0 Å². The Kier molecular flexibility index (Phi) is 3.89. The fourth-order valence-electron chi connectivity index (χ4n) is 2.70. The molecule has 0 bridgehead atoms. The van der Waals surface area contributed by atoms with Crippen LogP contribution >= 0.6 is 0 Å². The first-order chi connectivity index (χ1) is 8.65. The zero-order valence-corrected chi connectivity index (χ0v) is 11.1. The van der Waals surface area contributed by atoms with Crippen LogP contribution in [-0.2, 0) is 4.74 Å². The van der Waals surface area contributed by atoms with E-state index in [-0.39, 0.29) is 5.69 Å². The van der Waals surface area contributed by atoms with Crippen LogP contribution in [0.5, 0.6) is 0 Å². The zero-order valence-electron chi connectivity index (χ0n) is 11.1. The molecular weight excluding hydrogens is 230 g/mol. The van der Waals surface area contributed by atoms with Crippen LogP contribution in [-0.4, -0.2) is 22.1 Å². The summed E-state index contributed by atoms with van der Waals surface area (Å²) in [6.45, 7) is 4.34. The molecule has 2 atom stereocenters. The minimum absolute atomic E-state index is 0.245. The van der Waals surface area contributed by atoms with Gasteiger partial charge < -0.3 is 15.0 Å². The number of aromatic nitrogens is 2. The monoisotopic (exact) mass is 251 g/mol. The summed E-state index contributed by atoms with van der Waals surface area (Å²) in [5.74, 6) is 0.578. The number of anilines is 1. The predicted octanol–water partition coefficient (Wildman–Crippen LogP) is 2.39. The lowest BCUT2D eigenvalue weighted by molar-refractivity contribution is 0.0521. The van der Waals surface area contributed by atoms with E-state index in [1.807, 2.05) is 4.57 Å². The van der Waals surface area contributed by atoms with E-state index in [0.29, 0.717) is 24.4 Å². The summed E-state index contributed by atoms with van der Waals surface area (Å²) in [6.07, 6.45) is 6.47. The lowest BCUT2D eigenvalue weighted by atomic mass is 9.86. The van der Waals surface area contributed by atoms with Gasteiger partial charge in [0.1, 0.15) is 5.82 Å². The van der Waals surface area contributed by atoms with Gasteiger partial charge >= 0.3 is 5.97 Å². The van der Waals surface area contributed by atoms with Crippen molar-refractivity contribution in [3.63, 3.8) is 0 Å². The molecular formula is C13H21N3O2. The molecule has 1 fully saturated rings. The third-order valence-electron chi connectivity index (χ3n) is 3.72. The average molecular weight is 251 g/mol. The molecule has 2 N–H and O–H groups in total. The molecule has 2 unspecified atom stereocenters. The van der Waals surface area contributed by atoms with Crippen molar-refractivity contribution in [1.29, 1.82) is 0 Å². The molecule has 1 saturated carbocycles. The molecule has 18 heavy (non-hydrogen) atoms. The quantitative estimate of drug-likeness (QED) is 0.837. The number of imidazole rings is 1. The normalized spacial score (nSPS) is 23.9. The summed E-state index contributed by atoms with van der Waals surface area (Å²) < 4.78 is 6.88. The molecule has 2 rings (SSSR count). The summed E-state index contributed by atoms with van der Waals surface area (Å²) in [6, 6.07) is 0.356. The number of hydrogen-bond acceptors (Lipinski definition) is 4. The number of nitrogens with zero attached hydrogens (tertiary/aromatic N) is 2. The van der Waals surface area contributed by atoms with Gasteiger partial charge in [0, 0.05) is 6.04 Å². The third kappa shape index (κ3) is 2.35. The Morgan fingerprint density at radius 3 is 2.94 bits per heavy atom. The van der Waals surface area contributed by atoms with Crippen molar-refractivity contribution in [3.05, 3.63) is 12.0 Å². The largest absolute Gasteiger partial charge is 0.461 e. The number of carbonyl (C=O) groups excluding carboxylic acids is 1. The topological polar surface area (TPSA) is 70.1 Å². The van der Waals surface area contributed by atoms with Gasteiger partial charge in [-0.05, 0) is 25.7 Å². The summed E-state index contributed by atoms with van der Waals surface area (Å²) in [5.41, 5.74) is 6.27.